The lowest BCUT2D eigenvalue weighted by atomic mass is 9.48. The minimum atomic E-state index is -1.96. The minimum Gasteiger partial charge on any atom is -0.458 e. The Morgan fingerprint density at radius 1 is 1.17 bits per heavy atom. The highest BCUT2D eigenvalue weighted by atomic mass is 35.5. The molecule has 3 heterocycles. The fraction of sp³-hybridized carbons (Fsp3) is 0.750. The first kappa shape index (κ1) is 26.1. The summed E-state index contributed by atoms with van der Waals surface area (Å²) in [5.74, 6) is -1.72. The molecular weight excluding hydrogens is 500 g/mol. The van der Waals surface area contributed by atoms with E-state index >= 15 is 0 Å². The van der Waals surface area contributed by atoms with Crippen LogP contribution in [0.25, 0.3) is 0 Å². The molecule has 1 aromatic rings. The Hall–Kier alpha value is -1.57. The van der Waals surface area contributed by atoms with Crippen molar-refractivity contribution in [1.29, 1.82) is 0 Å². The molecule has 4 aliphatic rings. The van der Waals surface area contributed by atoms with Gasteiger partial charge in [-0.3, -0.25) is 4.79 Å². The third-order valence-electron chi connectivity index (χ3n) is 8.69. The molecular formula is C24H31ClO11. The number of carbonyl (C=O) groups is 1. The van der Waals surface area contributed by atoms with E-state index in [-0.39, 0.29) is 11.7 Å². The van der Waals surface area contributed by atoms with Crippen LogP contribution in [0.5, 0.6) is 0 Å². The highest BCUT2D eigenvalue weighted by molar-refractivity contribution is 6.22. The molecule has 0 spiro atoms. The Bertz CT molecular complexity index is 1140. The molecule has 2 aliphatic carbocycles. The Labute approximate surface area is 211 Å². The van der Waals surface area contributed by atoms with E-state index in [1.165, 1.54) is 13.0 Å². The zero-order valence-corrected chi connectivity index (χ0v) is 21.0. The number of hydrogen-bond donors (Lipinski definition) is 5. The highest BCUT2D eigenvalue weighted by Crippen LogP contribution is 2.65. The molecule has 3 fully saturated rings. The maximum atomic E-state index is 13.3. The van der Waals surface area contributed by atoms with Crippen LogP contribution in [0.2, 0.25) is 0 Å². The van der Waals surface area contributed by atoms with Crippen molar-refractivity contribution in [1.82, 2.24) is 0 Å². The summed E-state index contributed by atoms with van der Waals surface area (Å²) < 4.78 is 23.0. The lowest BCUT2D eigenvalue weighted by Gasteiger charge is -2.58. The van der Waals surface area contributed by atoms with Crippen LogP contribution in [-0.4, -0.2) is 86.4 Å². The van der Waals surface area contributed by atoms with E-state index in [2.05, 4.69) is 0 Å². The second-order valence-corrected chi connectivity index (χ2v) is 11.6. The number of alkyl halides is 1. The quantitative estimate of drug-likeness (QED) is 0.249. The maximum Gasteiger partial charge on any atom is 0.336 e. The van der Waals surface area contributed by atoms with Gasteiger partial charge < -0.3 is 44.2 Å². The van der Waals surface area contributed by atoms with Gasteiger partial charge in [-0.2, -0.15) is 0 Å². The van der Waals surface area contributed by atoms with Gasteiger partial charge in [-0.15, -0.1) is 11.6 Å². The molecule has 11 nitrogen and oxygen atoms in total. The molecule has 0 radical (unpaired) electrons. The largest absolute Gasteiger partial charge is 0.458 e. The molecule has 0 aromatic carbocycles. The van der Waals surface area contributed by atoms with Crippen molar-refractivity contribution < 1.29 is 49.0 Å². The van der Waals surface area contributed by atoms with Gasteiger partial charge in [0.05, 0.1) is 30.8 Å². The molecule has 5 rings (SSSR count). The molecule has 0 bridgehead atoms. The van der Waals surface area contributed by atoms with Gasteiger partial charge in [-0.1, -0.05) is 20.8 Å². The van der Waals surface area contributed by atoms with E-state index in [0.29, 0.717) is 11.1 Å². The summed E-state index contributed by atoms with van der Waals surface area (Å²) in [6, 6.07) is 1.24. The first-order valence-electron chi connectivity index (χ1n) is 11.9. The summed E-state index contributed by atoms with van der Waals surface area (Å²) in [6.07, 6.45) is -8.36. The first-order chi connectivity index (χ1) is 16.7. The van der Waals surface area contributed by atoms with Crippen molar-refractivity contribution in [3.8, 4) is 0 Å². The van der Waals surface area contributed by atoms with E-state index in [1.807, 2.05) is 0 Å². The first-order valence-corrected chi connectivity index (χ1v) is 12.3. The Morgan fingerprint density at radius 3 is 2.42 bits per heavy atom. The van der Waals surface area contributed by atoms with Gasteiger partial charge in [-0.25, -0.2) is 4.79 Å². The monoisotopic (exact) mass is 530 g/mol. The van der Waals surface area contributed by atoms with Crippen LogP contribution in [0, 0.1) is 11.3 Å². The maximum absolute atomic E-state index is 13.3. The average Bonchev–Trinajstić information content (AvgIpc) is 3.28. The molecule has 12 heteroatoms. The van der Waals surface area contributed by atoms with Crippen molar-refractivity contribution in [2.75, 3.05) is 13.2 Å². The number of aliphatic hydroxyl groups excluding tert-OH is 4. The van der Waals surface area contributed by atoms with Crippen LogP contribution in [0.15, 0.2) is 15.3 Å². The van der Waals surface area contributed by atoms with Crippen molar-refractivity contribution in [2.45, 2.75) is 86.8 Å². The number of hydrogen-bond acceptors (Lipinski definition) is 11. The Kier molecular flexibility index (Phi) is 5.94. The van der Waals surface area contributed by atoms with Crippen LogP contribution in [0.1, 0.15) is 56.6 Å². The van der Waals surface area contributed by atoms with Gasteiger partial charge in [0, 0.05) is 28.9 Å². The molecule has 36 heavy (non-hydrogen) atoms. The SMILES string of the molecule is CC(C)c1oc(=O)cc2c1C(OC1OCC(O)(CO)C1O)C1OC(=O)C3(C)C(O)C(O)C(Cl)C2(C)C13. The van der Waals surface area contributed by atoms with E-state index in [9.17, 15) is 35.1 Å². The predicted octanol–water partition coefficient (Wildman–Crippen LogP) is -0.576. The van der Waals surface area contributed by atoms with Gasteiger partial charge >= 0.3 is 11.6 Å². The van der Waals surface area contributed by atoms with Crippen LogP contribution in [0.3, 0.4) is 0 Å². The van der Waals surface area contributed by atoms with Crippen LogP contribution >= 0.6 is 11.6 Å². The number of ether oxygens (including phenoxy) is 3. The summed E-state index contributed by atoms with van der Waals surface area (Å²) in [5, 5.41) is 51.4. The summed E-state index contributed by atoms with van der Waals surface area (Å²) in [5.41, 5.74) is -4.74. The molecule has 1 aromatic heterocycles. The van der Waals surface area contributed by atoms with Gasteiger partial charge in [-0.05, 0) is 12.5 Å². The van der Waals surface area contributed by atoms with E-state index < -0.39 is 89.3 Å². The molecule has 200 valence electrons. The topological polar surface area (TPSA) is 176 Å². The third kappa shape index (κ3) is 3.11. The molecule has 0 amide bonds. The molecule has 1 saturated carbocycles. The van der Waals surface area contributed by atoms with Crippen LogP contribution in [-0.2, 0) is 24.4 Å². The number of rotatable bonds is 4. The van der Waals surface area contributed by atoms with Crippen molar-refractivity contribution in [3.63, 3.8) is 0 Å². The third-order valence-corrected chi connectivity index (χ3v) is 9.40. The summed E-state index contributed by atoms with van der Waals surface area (Å²) >= 11 is 6.78. The second kappa shape index (κ2) is 8.21. The van der Waals surface area contributed by atoms with Gasteiger partial charge in [0.2, 0.25) is 0 Å². The normalized spacial score (nSPS) is 47.6. The van der Waals surface area contributed by atoms with Crippen molar-refractivity contribution in [3.05, 3.63) is 33.4 Å². The lowest BCUT2D eigenvalue weighted by Crippen LogP contribution is -2.69. The Balaban J connectivity index is 1.75. The second-order valence-electron chi connectivity index (χ2n) is 11.1. The number of aliphatic hydroxyl groups is 5. The predicted molar refractivity (Wildman–Crippen MR) is 121 cm³/mol. The lowest BCUT2D eigenvalue weighted by molar-refractivity contribution is -0.221. The number of halogens is 1. The summed E-state index contributed by atoms with van der Waals surface area (Å²) in [6.45, 7) is 5.58. The minimum absolute atomic E-state index is 0.237. The van der Waals surface area contributed by atoms with Gasteiger partial charge in [0.1, 0.15) is 35.1 Å². The molecule has 11 atom stereocenters. The zero-order valence-electron chi connectivity index (χ0n) is 20.3. The van der Waals surface area contributed by atoms with Crippen LogP contribution in [0.4, 0.5) is 0 Å². The van der Waals surface area contributed by atoms with E-state index in [4.69, 9.17) is 30.2 Å². The number of fused-ring (bicyclic) bond motifs is 2. The van der Waals surface area contributed by atoms with Gasteiger partial charge in [0.15, 0.2) is 6.29 Å². The van der Waals surface area contributed by atoms with Crippen molar-refractivity contribution in [2.24, 2.45) is 11.3 Å². The Morgan fingerprint density at radius 2 is 1.83 bits per heavy atom. The van der Waals surface area contributed by atoms with E-state index in [0.717, 1.165) is 0 Å². The van der Waals surface area contributed by atoms with Crippen LogP contribution < -0.4 is 5.63 Å². The number of carbonyl (C=O) groups excluding carboxylic acids is 1. The fourth-order valence-electron chi connectivity index (χ4n) is 6.70. The highest BCUT2D eigenvalue weighted by Gasteiger charge is 2.75. The molecule has 2 aliphatic heterocycles. The number of esters is 1. The smallest absolute Gasteiger partial charge is 0.336 e. The van der Waals surface area contributed by atoms with Crippen molar-refractivity contribution >= 4 is 17.6 Å². The summed E-state index contributed by atoms with van der Waals surface area (Å²) in [4.78, 5) is 26.0. The molecule has 11 unspecified atom stereocenters. The molecule has 2 saturated heterocycles. The fourth-order valence-corrected chi connectivity index (χ4v) is 7.09. The molecule has 5 N–H and O–H groups in total. The average molecular weight is 531 g/mol. The van der Waals surface area contributed by atoms with Gasteiger partial charge in [0.25, 0.3) is 0 Å². The summed E-state index contributed by atoms with van der Waals surface area (Å²) in [7, 11) is 0. The van der Waals surface area contributed by atoms with E-state index in [1.54, 1.807) is 20.8 Å². The zero-order chi connectivity index (χ0) is 26.5. The standard InChI is InChI=1S/C24H31ClO11/c1-8(2)13-11-9(5-10(27)34-13)22(3)16-15(14(11)35-20-19(30)24(32,6-26)7-33-20)36-21(31)23(16,4)18(29)12(28)17(22)25/h5,8,12,14-20,26,28-30,32H,6-7H2,1-4H3.